The first kappa shape index (κ1) is 18.1. The van der Waals surface area contributed by atoms with E-state index in [2.05, 4.69) is 43.3 Å². The third-order valence-corrected chi connectivity index (χ3v) is 5.94. The second-order valence-electron chi connectivity index (χ2n) is 8.37. The van der Waals surface area contributed by atoms with Gasteiger partial charge in [-0.25, -0.2) is 4.98 Å². The van der Waals surface area contributed by atoms with Crippen molar-refractivity contribution in [3.63, 3.8) is 0 Å². The number of fused-ring (bicyclic) bond motifs is 1. The largest absolute Gasteiger partial charge is 0.348 e. The summed E-state index contributed by atoms with van der Waals surface area (Å²) in [5.41, 5.74) is 0.541. The Kier molecular flexibility index (Phi) is 4.28. The van der Waals surface area contributed by atoms with E-state index < -0.39 is 0 Å². The fourth-order valence-electron chi connectivity index (χ4n) is 4.10. The molecule has 0 aromatic carbocycles. The van der Waals surface area contributed by atoms with Gasteiger partial charge in [0.2, 0.25) is 0 Å². The van der Waals surface area contributed by atoms with E-state index in [1.54, 1.807) is 7.05 Å². The van der Waals surface area contributed by atoms with Gasteiger partial charge in [0.15, 0.2) is 0 Å². The maximum absolute atomic E-state index is 12.9. The number of carbonyl (C=O) groups excluding carboxylic acids is 1. The average molecular weight is 362 g/mol. The molecule has 3 heterocycles. The Bertz CT molecular complexity index is 878. The molecular formula is C18H26N4O2S. The summed E-state index contributed by atoms with van der Waals surface area (Å²) < 4.78 is 1.45. The van der Waals surface area contributed by atoms with Crippen LogP contribution in [0, 0.1) is 6.92 Å². The van der Waals surface area contributed by atoms with Crippen molar-refractivity contribution in [2.45, 2.75) is 64.6 Å². The van der Waals surface area contributed by atoms with Gasteiger partial charge in [-0.1, -0.05) is 0 Å². The van der Waals surface area contributed by atoms with Gasteiger partial charge in [-0.2, -0.15) is 0 Å². The minimum Gasteiger partial charge on any atom is -0.348 e. The van der Waals surface area contributed by atoms with Gasteiger partial charge < -0.3 is 15.2 Å². The zero-order chi connectivity index (χ0) is 18.6. The fraction of sp³-hybridized carbons (Fsp3) is 0.611. The van der Waals surface area contributed by atoms with Crippen LogP contribution in [0.5, 0.6) is 0 Å². The van der Waals surface area contributed by atoms with E-state index in [1.165, 1.54) is 22.2 Å². The number of nitrogens with zero attached hydrogens (tertiary/aromatic N) is 2. The number of aryl methyl sites for hydroxylation is 2. The molecule has 0 saturated carbocycles. The number of carbonyl (C=O) groups is 1. The quantitative estimate of drug-likeness (QED) is 0.860. The molecule has 3 rings (SSSR count). The maximum Gasteiger partial charge on any atom is 0.262 e. The second-order valence-corrected chi connectivity index (χ2v) is 9.37. The smallest absolute Gasteiger partial charge is 0.262 e. The van der Waals surface area contributed by atoms with Crippen molar-refractivity contribution < 1.29 is 4.79 Å². The maximum atomic E-state index is 12.9. The summed E-state index contributed by atoms with van der Waals surface area (Å²) in [6.45, 7) is 10.5. The van der Waals surface area contributed by atoms with E-state index in [9.17, 15) is 9.59 Å². The minimum absolute atomic E-state index is 0.0353. The highest BCUT2D eigenvalue weighted by Crippen LogP contribution is 2.30. The van der Waals surface area contributed by atoms with E-state index in [-0.39, 0.29) is 28.6 Å². The molecule has 0 spiro atoms. The van der Waals surface area contributed by atoms with Gasteiger partial charge in [0.25, 0.3) is 11.5 Å². The van der Waals surface area contributed by atoms with Crippen LogP contribution in [-0.4, -0.2) is 32.6 Å². The molecule has 1 fully saturated rings. The van der Waals surface area contributed by atoms with Gasteiger partial charge >= 0.3 is 0 Å². The molecule has 25 heavy (non-hydrogen) atoms. The molecular weight excluding hydrogens is 336 g/mol. The second kappa shape index (κ2) is 5.92. The first-order valence-electron chi connectivity index (χ1n) is 8.54. The Morgan fingerprint density at radius 1 is 1.32 bits per heavy atom. The van der Waals surface area contributed by atoms with Crippen molar-refractivity contribution in [3.05, 3.63) is 27.1 Å². The minimum atomic E-state index is -0.110. The number of hydrogen-bond acceptors (Lipinski definition) is 5. The molecule has 0 atom stereocenters. The lowest BCUT2D eigenvalue weighted by atomic mass is 9.79. The average Bonchev–Trinajstić information content (AvgIpc) is 2.77. The Labute approximate surface area is 151 Å². The molecule has 0 aliphatic carbocycles. The first-order valence-corrected chi connectivity index (χ1v) is 9.36. The molecule has 6 nitrogen and oxygen atoms in total. The number of hydrogen-bond donors (Lipinski definition) is 2. The zero-order valence-corrected chi connectivity index (χ0v) is 16.5. The van der Waals surface area contributed by atoms with E-state index in [0.717, 1.165) is 18.4 Å². The van der Waals surface area contributed by atoms with Crippen molar-refractivity contribution in [2.24, 2.45) is 7.05 Å². The van der Waals surface area contributed by atoms with Crippen LogP contribution in [0.15, 0.2) is 11.1 Å². The third-order valence-electron chi connectivity index (χ3n) is 4.74. The van der Waals surface area contributed by atoms with Crippen LogP contribution in [-0.2, 0) is 7.05 Å². The van der Waals surface area contributed by atoms with Crippen LogP contribution in [0.2, 0.25) is 0 Å². The van der Waals surface area contributed by atoms with Crippen molar-refractivity contribution in [1.82, 2.24) is 20.2 Å². The van der Waals surface area contributed by atoms with Crippen LogP contribution in [0.4, 0.5) is 0 Å². The predicted octanol–water partition coefficient (Wildman–Crippen LogP) is 2.34. The molecule has 1 aliphatic rings. The standard InChI is InChI=1S/C18H26N4O2S/c1-10-12-15(19-9-22(6)16(12)24)25-13(10)14(23)20-11-7-17(2,3)21-18(4,5)8-11/h9,11,21H,7-8H2,1-6H3,(H,20,23). The highest BCUT2D eigenvalue weighted by Gasteiger charge is 2.38. The van der Waals surface area contributed by atoms with E-state index >= 15 is 0 Å². The molecule has 0 bridgehead atoms. The molecule has 136 valence electrons. The number of thiophene rings is 1. The molecule has 1 amide bonds. The predicted molar refractivity (Wildman–Crippen MR) is 101 cm³/mol. The van der Waals surface area contributed by atoms with Crippen molar-refractivity contribution in [1.29, 1.82) is 0 Å². The van der Waals surface area contributed by atoms with Crippen LogP contribution in [0.1, 0.15) is 55.8 Å². The molecule has 2 aromatic rings. The van der Waals surface area contributed by atoms with Crippen LogP contribution < -0.4 is 16.2 Å². The van der Waals surface area contributed by atoms with Gasteiger partial charge in [0, 0.05) is 24.2 Å². The molecule has 2 N–H and O–H groups in total. The van der Waals surface area contributed by atoms with Gasteiger partial charge in [0.05, 0.1) is 16.6 Å². The molecule has 0 unspecified atom stereocenters. The lowest BCUT2D eigenvalue weighted by molar-refractivity contribution is 0.0877. The lowest BCUT2D eigenvalue weighted by Crippen LogP contribution is -2.62. The summed E-state index contributed by atoms with van der Waals surface area (Å²) in [7, 11) is 1.67. The molecule has 1 aliphatic heterocycles. The number of rotatable bonds is 2. The summed E-state index contributed by atoms with van der Waals surface area (Å²) in [5, 5.41) is 7.34. The van der Waals surface area contributed by atoms with Crippen molar-refractivity contribution >= 4 is 27.5 Å². The fourth-order valence-corrected chi connectivity index (χ4v) is 5.14. The van der Waals surface area contributed by atoms with E-state index in [1.807, 2.05) is 6.92 Å². The number of piperidine rings is 1. The van der Waals surface area contributed by atoms with E-state index in [4.69, 9.17) is 0 Å². The van der Waals surface area contributed by atoms with Gasteiger partial charge in [0.1, 0.15) is 4.83 Å². The van der Waals surface area contributed by atoms with Crippen LogP contribution in [0.3, 0.4) is 0 Å². The van der Waals surface area contributed by atoms with Crippen molar-refractivity contribution in [2.75, 3.05) is 0 Å². The Balaban J connectivity index is 1.89. The Hall–Kier alpha value is -1.73. The molecule has 1 saturated heterocycles. The summed E-state index contributed by atoms with van der Waals surface area (Å²) in [4.78, 5) is 30.7. The molecule has 0 radical (unpaired) electrons. The van der Waals surface area contributed by atoms with Gasteiger partial charge in [-0.05, 0) is 53.0 Å². The Morgan fingerprint density at radius 3 is 2.52 bits per heavy atom. The van der Waals surface area contributed by atoms with Crippen LogP contribution in [0.25, 0.3) is 10.2 Å². The highest BCUT2D eigenvalue weighted by atomic mass is 32.1. The summed E-state index contributed by atoms with van der Waals surface area (Å²) >= 11 is 1.29. The zero-order valence-electron chi connectivity index (χ0n) is 15.7. The topological polar surface area (TPSA) is 76.0 Å². The third kappa shape index (κ3) is 3.48. The number of amides is 1. The number of aromatic nitrogens is 2. The van der Waals surface area contributed by atoms with Gasteiger partial charge in [-0.15, -0.1) is 11.3 Å². The first-order chi connectivity index (χ1) is 11.5. The molecule has 2 aromatic heterocycles. The SMILES string of the molecule is Cc1c(C(=O)NC2CC(C)(C)NC(C)(C)C2)sc2ncn(C)c(=O)c12. The Morgan fingerprint density at radius 2 is 1.92 bits per heavy atom. The van der Waals surface area contributed by atoms with Gasteiger partial charge in [-0.3, -0.25) is 9.59 Å². The normalized spacial score (nSPS) is 19.9. The van der Waals surface area contributed by atoms with E-state index in [0.29, 0.717) is 15.1 Å². The monoisotopic (exact) mass is 362 g/mol. The summed E-state index contributed by atoms with van der Waals surface area (Å²) in [5.74, 6) is -0.110. The summed E-state index contributed by atoms with van der Waals surface area (Å²) in [6, 6.07) is 0.0964. The van der Waals surface area contributed by atoms with Crippen LogP contribution >= 0.6 is 11.3 Å². The number of nitrogens with one attached hydrogen (secondary N) is 2. The molecule has 7 heteroatoms. The highest BCUT2D eigenvalue weighted by molar-refractivity contribution is 7.20. The van der Waals surface area contributed by atoms with Crippen molar-refractivity contribution in [3.8, 4) is 0 Å². The lowest BCUT2D eigenvalue weighted by Gasteiger charge is -2.46. The summed E-state index contributed by atoms with van der Waals surface area (Å²) in [6.07, 6.45) is 3.23.